The molecule has 0 radical (unpaired) electrons. The Balaban J connectivity index is 2.35. The molecule has 2 rings (SSSR count). The van der Waals surface area contributed by atoms with Crippen LogP contribution in [0.1, 0.15) is 26.0 Å². The third-order valence-electron chi connectivity index (χ3n) is 3.03. The summed E-state index contributed by atoms with van der Waals surface area (Å²) in [5.74, 6) is 0.339. The van der Waals surface area contributed by atoms with Crippen LogP contribution in [0.25, 0.3) is 11.3 Å². The number of aromatic nitrogens is 3. The normalized spacial score (nSPS) is 11.2. The van der Waals surface area contributed by atoms with Gasteiger partial charge in [-0.15, -0.1) is 5.10 Å². The van der Waals surface area contributed by atoms with Crippen molar-refractivity contribution in [3.8, 4) is 11.3 Å². The third-order valence-corrected chi connectivity index (χ3v) is 3.03. The number of aryl methyl sites for hydroxylation is 1. The van der Waals surface area contributed by atoms with Gasteiger partial charge in [-0.2, -0.15) is 0 Å². The molecule has 1 aromatic heterocycles. The molecule has 0 aliphatic carbocycles. The highest BCUT2D eigenvalue weighted by Crippen LogP contribution is 2.23. The predicted molar refractivity (Wildman–Crippen MR) is 72.8 cm³/mol. The summed E-state index contributed by atoms with van der Waals surface area (Å²) in [5, 5.41) is 8.26. The van der Waals surface area contributed by atoms with Crippen molar-refractivity contribution in [1.29, 1.82) is 0 Å². The number of hydrogen-bond acceptors (Lipinski definition) is 3. The van der Waals surface area contributed by atoms with E-state index in [-0.39, 0.29) is 5.82 Å². The number of rotatable bonds is 5. The fourth-order valence-electron chi connectivity index (χ4n) is 1.95. The van der Waals surface area contributed by atoms with Gasteiger partial charge in [0.1, 0.15) is 11.5 Å². The third kappa shape index (κ3) is 3.17. The van der Waals surface area contributed by atoms with Crippen LogP contribution in [-0.4, -0.2) is 15.0 Å². The van der Waals surface area contributed by atoms with E-state index in [2.05, 4.69) is 24.2 Å². The van der Waals surface area contributed by atoms with Gasteiger partial charge >= 0.3 is 0 Å². The van der Waals surface area contributed by atoms with Gasteiger partial charge in [0.05, 0.1) is 5.69 Å². The monoisotopic (exact) mass is 262 g/mol. The van der Waals surface area contributed by atoms with Crippen LogP contribution in [0.4, 0.5) is 4.39 Å². The second kappa shape index (κ2) is 5.93. The SMILES string of the molecule is CC(C)CCn1nnc(CN)c1-c1ccc(F)cc1. The molecule has 2 aromatic rings. The van der Waals surface area contributed by atoms with Gasteiger partial charge in [-0.25, -0.2) is 9.07 Å². The molecule has 0 spiro atoms. The number of nitrogens with zero attached hydrogens (tertiary/aromatic N) is 3. The minimum Gasteiger partial charge on any atom is -0.325 e. The van der Waals surface area contributed by atoms with E-state index in [1.54, 1.807) is 12.1 Å². The van der Waals surface area contributed by atoms with E-state index in [9.17, 15) is 4.39 Å². The van der Waals surface area contributed by atoms with Gasteiger partial charge in [0.2, 0.25) is 0 Å². The Morgan fingerprint density at radius 2 is 1.95 bits per heavy atom. The van der Waals surface area contributed by atoms with Crippen LogP contribution in [0.2, 0.25) is 0 Å². The van der Waals surface area contributed by atoms with Gasteiger partial charge in [0, 0.05) is 18.7 Å². The molecule has 0 aliphatic rings. The first-order valence-corrected chi connectivity index (χ1v) is 6.50. The summed E-state index contributed by atoms with van der Waals surface area (Å²) in [6.07, 6.45) is 1.02. The highest BCUT2D eigenvalue weighted by Gasteiger charge is 2.14. The highest BCUT2D eigenvalue weighted by atomic mass is 19.1. The van der Waals surface area contributed by atoms with Gasteiger partial charge in [-0.05, 0) is 36.6 Å². The molecule has 0 unspecified atom stereocenters. The highest BCUT2D eigenvalue weighted by molar-refractivity contribution is 5.61. The van der Waals surface area contributed by atoms with Crippen LogP contribution in [0.15, 0.2) is 24.3 Å². The Labute approximate surface area is 112 Å². The molecule has 1 heterocycles. The molecule has 2 N–H and O–H groups in total. The van der Waals surface area contributed by atoms with Crippen molar-refractivity contribution < 1.29 is 4.39 Å². The van der Waals surface area contributed by atoms with Crippen molar-refractivity contribution >= 4 is 0 Å². The van der Waals surface area contributed by atoms with Crippen molar-refractivity contribution in [1.82, 2.24) is 15.0 Å². The Morgan fingerprint density at radius 1 is 1.26 bits per heavy atom. The van der Waals surface area contributed by atoms with E-state index < -0.39 is 0 Å². The molecular formula is C14H19FN4. The molecule has 5 heteroatoms. The summed E-state index contributed by atoms with van der Waals surface area (Å²) in [6, 6.07) is 6.35. The Hall–Kier alpha value is -1.75. The van der Waals surface area contributed by atoms with E-state index in [0.29, 0.717) is 12.5 Å². The maximum Gasteiger partial charge on any atom is 0.123 e. The lowest BCUT2D eigenvalue weighted by Gasteiger charge is -2.09. The van der Waals surface area contributed by atoms with E-state index in [1.165, 1.54) is 12.1 Å². The molecule has 0 saturated carbocycles. The molecule has 19 heavy (non-hydrogen) atoms. The lowest BCUT2D eigenvalue weighted by Crippen LogP contribution is -2.06. The summed E-state index contributed by atoms with van der Waals surface area (Å²) in [5.41, 5.74) is 8.23. The smallest absolute Gasteiger partial charge is 0.123 e. The minimum absolute atomic E-state index is 0.251. The Morgan fingerprint density at radius 3 is 2.53 bits per heavy atom. The minimum atomic E-state index is -0.251. The largest absolute Gasteiger partial charge is 0.325 e. The fourth-order valence-corrected chi connectivity index (χ4v) is 1.95. The van der Waals surface area contributed by atoms with Crippen LogP contribution in [0.3, 0.4) is 0 Å². The topological polar surface area (TPSA) is 56.7 Å². The van der Waals surface area contributed by atoms with Gasteiger partial charge in [-0.3, -0.25) is 0 Å². The van der Waals surface area contributed by atoms with Crippen LogP contribution in [-0.2, 0) is 13.1 Å². The summed E-state index contributed by atoms with van der Waals surface area (Å²) in [4.78, 5) is 0. The summed E-state index contributed by atoms with van der Waals surface area (Å²) < 4.78 is 14.9. The lowest BCUT2D eigenvalue weighted by molar-refractivity contribution is 0.481. The zero-order chi connectivity index (χ0) is 13.8. The molecule has 0 saturated heterocycles. The first-order chi connectivity index (χ1) is 9.11. The van der Waals surface area contributed by atoms with E-state index in [1.807, 2.05) is 4.68 Å². The van der Waals surface area contributed by atoms with Crippen LogP contribution in [0.5, 0.6) is 0 Å². The van der Waals surface area contributed by atoms with Gasteiger partial charge in [-0.1, -0.05) is 19.1 Å². The Bertz CT molecular complexity index is 531. The Kier molecular flexibility index (Phi) is 4.27. The molecule has 1 aromatic carbocycles. The fraction of sp³-hybridized carbons (Fsp3) is 0.429. The molecule has 0 amide bonds. The maximum atomic E-state index is 13.0. The van der Waals surface area contributed by atoms with Crippen molar-refractivity contribution in [3.05, 3.63) is 35.8 Å². The maximum absolute atomic E-state index is 13.0. The number of hydrogen-bond donors (Lipinski definition) is 1. The van der Waals surface area contributed by atoms with Crippen LogP contribution < -0.4 is 5.73 Å². The second-order valence-electron chi connectivity index (χ2n) is 5.00. The second-order valence-corrected chi connectivity index (χ2v) is 5.00. The average molecular weight is 262 g/mol. The van der Waals surface area contributed by atoms with Crippen LogP contribution in [0, 0.1) is 11.7 Å². The number of benzene rings is 1. The zero-order valence-corrected chi connectivity index (χ0v) is 11.3. The van der Waals surface area contributed by atoms with Crippen molar-refractivity contribution in [2.24, 2.45) is 11.7 Å². The average Bonchev–Trinajstić information content (AvgIpc) is 2.80. The summed E-state index contributed by atoms with van der Waals surface area (Å²) in [6.45, 7) is 5.45. The molecule has 4 nitrogen and oxygen atoms in total. The number of halogens is 1. The van der Waals surface area contributed by atoms with E-state index in [4.69, 9.17) is 5.73 Å². The molecular weight excluding hydrogens is 243 g/mol. The first kappa shape index (κ1) is 13.7. The quantitative estimate of drug-likeness (QED) is 0.901. The number of nitrogens with two attached hydrogens (primary N) is 1. The van der Waals surface area contributed by atoms with Gasteiger partial charge in [0.15, 0.2) is 0 Å². The van der Waals surface area contributed by atoms with Crippen molar-refractivity contribution in [3.63, 3.8) is 0 Å². The molecule has 0 aliphatic heterocycles. The summed E-state index contributed by atoms with van der Waals surface area (Å²) >= 11 is 0. The van der Waals surface area contributed by atoms with E-state index in [0.717, 1.165) is 29.9 Å². The van der Waals surface area contributed by atoms with Gasteiger partial charge < -0.3 is 5.73 Å². The summed E-state index contributed by atoms with van der Waals surface area (Å²) in [7, 11) is 0. The van der Waals surface area contributed by atoms with Gasteiger partial charge in [0.25, 0.3) is 0 Å². The zero-order valence-electron chi connectivity index (χ0n) is 11.3. The first-order valence-electron chi connectivity index (χ1n) is 6.50. The van der Waals surface area contributed by atoms with Crippen molar-refractivity contribution in [2.45, 2.75) is 33.4 Å². The van der Waals surface area contributed by atoms with Crippen molar-refractivity contribution in [2.75, 3.05) is 0 Å². The standard InChI is InChI=1S/C14H19FN4/c1-10(2)7-8-19-14(13(9-16)17-18-19)11-3-5-12(15)6-4-11/h3-6,10H,7-9,16H2,1-2H3. The molecule has 102 valence electrons. The molecule has 0 atom stereocenters. The molecule has 0 bridgehead atoms. The lowest BCUT2D eigenvalue weighted by atomic mass is 10.1. The van der Waals surface area contributed by atoms with E-state index >= 15 is 0 Å². The molecule has 0 fully saturated rings. The predicted octanol–water partition coefficient (Wildman–Crippen LogP) is 2.59. The van der Waals surface area contributed by atoms with Crippen LogP contribution >= 0.6 is 0 Å².